The van der Waals surface area contributed by atoms with Crippen molar-refractivity contribution in [2.45, 2.75) is 19.0 Å². The summed E-state index contributed by atoms with van der Waals surface area (Å²) in [7, 11) is 1.93. The van der Waals surface area contributed by atoms with Gasteiger partial charge in [0.2, 0.25) is 0 Å². The Hall–Kier alpha value is -0.460. The quantitative estimate of drug-likeness (QED) is 0.257. The fourth-order valence-corrected chi connectivity index (χ4v) is 2.01. The summed E-state index contributed by atoms with van der Waals surface area (Å²) >= 11 is 0. The Morgan fingerprint density at radius 3 is 2.87 bits per heavy atom. The highest BCUT2D eigenvalue weighted by Crippen LogP contribution is 2.13. The average molecular weight is 213 g/mol. The Balaban J connectivity index is 2.63. The lowest BCUT2D eigenvalue weighted by Gasteiger charge is -2.33. The van der Waals surface area contributed by atoms with Crippen LogP contribution in [0.3, 0.4) is 0 Å². The summed E-state index contributed by atoms with van der Waals surface area (Å²) in [5, 5.41) is 3.23. The van der Waals surface area contributed by atoms with Crippen LogP contribution in [0, 0.1) is 0 Å². The largest absolute Gasteiger partial charge is 0.323 e. The van der Waals surface area contributed by atoms with E-state index in [0.29, 0.717) is 6.54 Å². The maximum Gasteiger partial charge on any atom is 0.0433 e. The molecular weight excluding hydrogens is 190 g/mol. The molecule has 0 radical (unpaired) electrons. The predicted molar refractivity (Wildman–Crippen MR) is 63.2 cm³/mol. The maximum atomic E-state index is 6.13. The number of nitrogens with two attached hydrogens (primary N) is 2. The molecule has 2 atom stereocenters. The van der Waals surface area contributed by atoms with Crippen LogP contribution in [-0.4, -0.2) is 50.2 Å². The molecule has 0 aromatic rings. The van der Waals surface area contributed by atoms with Crippen molar-refractivity contribution in [1.82, 2.24) is 15.6 Å². The zero-order chi connectivity index (χ0) is 11.3. The molecule has 2 unspecified atom stereocenters. The van der Waals surface area contributed by atoms with Crippen LogP contribution in [0.15, 0.2) is 11.6 Å². The molecule has 1 heterocycles. The van der Waals surface area contributed by atoms with E-state index in [1.165, 1.54) is 5.57 Å². The van der Waals surface area contributed by atoms with Gasteiger partial charge in [-0.2, -0.15) is 0 Å². The first-order chi connectivity index (χ1) is 7.22. The minimum absolute atomic E-state index is 0.115. The van der Waals surface area contributed by atoms with Crippen molar-refractivity contribution >= 4 is 0 Å². The van der Waals surface area contributed by atoms with Crippen molar-refractivity contribution in [3.05, 3.63) is 11.6 Å². The second kappa shape index (κ2) is 6.19. The molecular formula is C10H23N5. The number of likely N-dealkylation sites (N-methyl/N-ethyl adjacent to an activating group) is 2. The second-order valence-corrected chi connectivity index (χ2v) is 3.91. The molecule has 1 aliphatic rings. The van der Waals surface area contributed by atoms with Gasteiger partial charge in [0, 0.05) is 31.7 Å². The van der Waals surface area contributed by atoms with Crippen molar-refractivity contribution < 1.29 is 0 Å². The first kappa shape index (κ1) is 12.6. The molecule has 0 aliphatic carbocycles. The van der Waals surface area contributed by atoms with Gasteiger partial charge in [-0.25, -0.2) is 0 Å². The van der Waals surface area contributed by atoms with Crippen LogP contribution >= 0.6 is 0 Å². The minimum atomic E-state index is 0.115. The Bertz CT molecular complexity index is 216. The zero-order valence-electron chi connectivity index (χ0n) is 9.66. The highest BCUT2D eigenvalue weighted by molar-refractivity contribution is 5.22. The number of hydrogen-bond acceptors (Lipinski definition) is 5. The van der Waals surface area contributed by atoms with E-state index in [9.17, 15) is 0 Å². The number of nitrogens with one attached hydrogen (secondary N) is 2. The van der Waals surface area contributed by atoms with Gasteiger partial charge in [-0.1, -0.05) is 13.0 Å². The molecule has 0 spiro atoms. The van der Waals surface area contributed by atoms with Gasteiger partial charge in [-0.15, -0.1) is 0 Å². The van der Waals surface area contributed by atoms with Gasteiger partial charge in [0.05, 0.1) is 0 Å². The van der Waals surface area contributed by atoms with Gasteiger partial charge in [0.15, 0.2) is 0 Å². The summed E-state index contributed by atoms with van der Waals surface area (Å²) < 4.78 is 0. The fourth-order valence-electron chi connectivity index (χ4n) is 2.01. The number of nitrogens with zero attached hydrogens (tertiary/aromatic N) is 1. The van der Waals surface area contributed by atoms with Gasteiger partial charge >= 0.3 is 0 Å². The summed E-state index contributed by atoms with van der Waals surface area (Å²) in [5.74, 6) is 5.34. The van der Waals surface area contributed by atoms with Crippen molar-refractivity contribution in [1.29, 1.82) is 0 Å². The van der Waals surface area contributed by atoms with Crippen LogP contribution in [0.5, 0.6) is 0 Å². The average Bonchev–Trinajstić information content (AvgIpc) is 2.26. The molecule has 88 valence electrons. The van der Waals surface area contributed by atoms with Gasteiger partial charge in [-0.3, -0.25) is 16.2 Å². The Morgan fingerprint density at radius 1 is 1.67 bits per heavy atom. The minimum Gasteiger partial charge on any atom is -0.323 e. The van der Waals surface area contributed by atoms with Crippen LogP contribution < -0.4 is 22.3 Å². The molecule has 0 fully saturated rings. The van der Waals surface area contributed by atoms with Crippen molar-refractivity contribution in [2.75, 3.05) is 33.2 Å². The number of hydrazine groups is 1. The molecule has 0 saturated heterocycles. The lowest BCUT2D eigenvalue weighted by molar-refractivity contribution is 0.285. The van der Waals surface area contributed by atoms with Gasteiger partial charge in [0.25, 0.3) is 0 Å². The normalized spacial score (nSPS) is 25.1. The molecule has 5 nitrogen and oxygen atoms in total. The van der Waals surface area contributed by atoms with Crippen molar-refractivity contribution in [3.8, 4) is 0 Å². The molecule has 0 bridgehead atoms. The molecule has 1 aliphatic heterocycles. The first-order valence-corrected chi connectivity index (χ1v) is 5.51. The highest BCUT2D eigenvalue weighted by atomic mass is 15.2. The molecule has 0 aromatic carbocycles. The summed E-state index contributed by atoms with van der Waals surface area (Å²) in [6, 6.07) is 0.355. The monoisotopic (exact) mass is 213 g/mol. The lowest BCUT2D eigenvalue weighted by Crippen LogP contribution is -2.51. The molecule has 0 amide bonds. The highest BCUT2D eigenvalue weighted by Gasteiger charge is 2.23. The van der Waals surface area contributed by atoms with E-state index >= 15 is 0 Å². The van der Waals surface area contributed by atoms with E-state index in [0.717, 1.165) is 19.6 Å². The molecule has 0 saturated carbocycles. The van der Waals surface area contributed by atoms with E-state index in [2.05, 4.69) is 28.6 Å². The summed E-state index contributed by atoms with van der Waals surface area (Å²) in [4.78, 5) is 2.33. The third-order valence-electron chi connectivity index (χ3n) is 2.99. The van der Waals surface area contributed by atoms with Crippen LogP contribution in [0.25, 0.3) is 0 Å². The third kappa shape index (κ3) is 3.25. The lowest BCUT2D eigenvalue weighted by atomic mass is 9.96. The summed E-state index contributed by atoms with van der Waals surface area (Å²) in [6.07, 6.45) is 2.22. The standard InChI is InChI=1S/C10H23N5/c1-3-15-5-4-8(9(11)7-15)10(13-2)6-14-12/h4,9-10,13-14H,3,5-7,11-12H2,1-2H3. The van der Waals surface area contributed by atoms with Gasteiger partial charge in [-0.05, 0) is 19.2 Å². The molecule has 5 heteroatoms. The van der Waals surface area contributed by atoms with Crippen LogP contribution in [0.1, 0.15) is 6.92 Å². The van der Waals surface area contributed by atoms with E-state index in [1.54, 1.807) is 0 Å². The van der Waals surface area contributed by atoms with Gasteiger partial charge < -0.3 is 11.1 Å². The van der Waals surface area contributed by atoms with Gasteiger partial charge in [0.1, 0.15) is 0 Å². The van der Waals surface area contributed by atoms with E-state index in [4.69, 9.17) is 11.6 Å². The topological polar surface area (TPSA) is 79.3 Å². The van der Waals surface area contributed by atoms with Crippen LogP contribution in [0.4, 0.5) is 0 Å². The predicted octanol–water partition coefficient (Wildman–Crippen LogP) is -1.37. The van der Waals surface area contributed by atoms with E-state index < -0.39 is 0 Å². The number of hydrogen-bond donors (Lipinski definition) is 4. The first-order valence-electron chi connectivity index (χ1n) is 5.51. The van der Waals surface area contributed by atoms with Crippen molar-refractivity contribution in [3.63, 3.8) is 0 Å². The van der Waals surface area contributed by atoms with E-state index in [1.807, 2.05) is 7.05 Å². The second-order valence-electron chi connectivity index (χ2n) is 3.91. The van der Waals surface area contributed by atoms with Crippen LogP contribution in [0.2, 0.25) is 0 Å². The smallest absolute Gasteiger partial charge is 0.0433 e. The molecule has 6 N–H and O–H groups in total. The Morgan fingerprint density at radius 2 is 2.40 bits per heavy atom. The van der Waals surface area contributed by atoms with E-state index in [-0.39, 0.29) is 12.1 Å². The summed E-state index contributed by atoms with van der Waals surface area (Å²) in [6.45, 7) is 5.84. The fraction of sp³-hybridized carbons (Fsp3) is 0.800. The SMILES string of the molecule is CCN1CC=C(C(CNN)NC)C(N)C1. The maximum absolute atomic E-state index is 6.13. The van der Waals surface area contributed by atoms with Crippen LogP contribution in [-0.2, 0) is 0 Å². The molecule has 1 rings (SSSR count). The number of rotatable bonds is 5. The Labute approximate surface area is 91.8 Å². The molecule has 0 aromatic heterocycles. The van der Waals surface area contributed by atoms with Crippen molar-refractivity contribution in [2.24, 2.45) is 11.6 Å². The third-order valence-corrected chi connectivity index (χ3v) is 2.99. The molecule has 15 heavy (non-hydrogen) atoms. The zero-order valence-corrected chi connectivity index (χ0v) is 9.66. The summed E-state index contributed by atoms with van der Waals surface area (Å²) in [5.41, 5.74) is 10.1. The Kier molecular flexibility index (Phi) is 5.21.